The second-order valence-corrected chi connectivity index (χ2v) is 4.96. The topological polar surface area (TPSA) is 15.3 Å². The molecule has 0 aromatic heterocycles. The molecule has 1 fully saturated rings. The fourth-order valence-corrected chi connectivity index (χ4v) is 2.53. The van der Waals surface area contributed by atoms with Crippen LogP contribution in [0.4, 0.5) is 18.9 Å². The van der Waals surface area contributed by atoms with Gasteiger partial charge >= 0.3 is 0 Å². The molecule has 1 aromatic rings. The average molecular weight is 272 g/mol. The van der Waals surface area contributed by atoms with E-state index in [1.54, 1.807) is 4.90 Å². The Labute approximate surface area is 111 Å². The Balaban J connectivity index is 2.13. The molecule has 0 aliphatic carbocycles. The van der Waals surface area contributed by atoms with E-state index in [-0.39, 0.29) is 11.7 Å². The lowest BCUT2D eigenvalue weighted by molar-refractivity contribution is 0.415. The number of hydrogen-bond acceptors (Lipinski definition) is 2. The molecular weight excluding hydrogens is 253 g/mol. The zero-order chi connectivity index (χ0) is 13.8. The Morgan fingerprint density at radius 1 is 1.26 bits per heavy atom. The Hall–Kier alpha value is -1.23. The summed E-state index contributed by atoms with van der Waals surface area (Å²) in [4.78, 5) is 1.67. The monoisotopic (exact) mass is 272 g/mol. The van der Waals surface area contributed by atoms with Gasteiger partial charge in [-0.25, -0.2) is 13.2 Å². The van der Waals surface area contributed by atoms with Gasteiger partial charge in [-0.1, -0.05) is 6.92 Å². The van der Waals surface area contributed by atoms with E-state index in [2.05, 4.69) is 12.2 Å². The predicted molar refractivity (Wildman–Crippen MR) is 69.8 cm³/mol. The molecule has 1 aliphatic rings. The molecule has 1 N–H and O–H groups in total. The van der Waals surface area contributed by atoms with Crippen molar-refractivity contribution in [3.8, 4) is 0 Å². The molecule has 0 saturated carbocycles. The van der Waals surface area contributed by atoms with Crippen molar-refractivity contribution in [2.24, 2.45) is 0 Å². The number of rotatable bonds is 4. The van der Waals surface area contributed by atoms with Gasteiger partial charge in [0.2, 0.25) is 0 Å². The lowest BCUT2D eigenvalue weighted by Crippen LogP contribution is -2.46. The van der Waals surface area contributed by atoms with Crippen LogP contribution in [0.1, 0.15) is 26.2 Å². The van der Waals surface area contributed by atoms with E-state index in [1.165, 1.54) is 0 Å². The van der Waals surface area contributed by atoms with Crippen molar-refractivity contribution in [2.75, 3.05) is 24.5 Å². The third kappa shape index (κ3) is 3.41. The van der Waals surface area contributed by atoms with Crippen LogP contribution in [0.3, 0.4) is 0 Å². The molecular formula is C14H19F3N2. The highest BCUT2D eigenvalue weighted by Crippen LogP contribution is 2.27. The minimum Gasteiger partial charge on any atom is -0.365 e. The average Bonchev–Trinajstić information content (AvgIpc) is 2.35. The summed E-state index contributed by atoms with van der Waals surface area (Å²) in [7, 11) is 0. The quantitative estimate of drug-likeness (QED) is 0.906. The Morgan fingerprint density at radius 2 is 1.95 bits per heavy atom. The van der Waals surface area contributed by atoms with E-state index in [0.717, 1.165) is 37.9 Å². The molecule has 1 saturated heterocycles. The Bertz CT molecular complexity index is 414. The van der Waals surface area contributed by atoms with Crippen LogP contribution in [0.5, 0.6) is 0 Å². The Kier molecular flexibility index (Phi) is 4.69. The zero-order valence-electron chi connectivity index (χ0n) is 11.1. The molecule has 0 spiro atoms. The first-order valence-electron chi connectivity index (χ1n) is 6.74. The number of nitrogens with one attached hydrogen (secondary N) is 1. The number of nitrogens with zero attached hydrogens (tertiary/aromatic N) is 1. The summed E-state index contributed by atoms with van der Waals surface area (Å²) in [6.07, 6.45) is 2.90. The molecule has 1 aliphatic heterocycles. The first kappa shape index (κ1) is 14.2. The highest BCUT2D eigenvalue weighted by atomic mass is 19.1. The van der Waals surface area contributed by atoms with Crippen LogP contribution in [-0.4, -0.2) is 25.7 Å². The summed E-state index contributed by atoms with van der Waals surface area (Å²) in [5.41, 5.74) is -0.107. The van der Waals surface area contributed by atoms with E-state index < -0.39 is 17.5 Å². The van der Waals surface area contributed by atoms with Crippen LogP contribution in [0.2, 0.25) is 0 Å². The first-order chi connectivity index (χ1) is 9.11. The van der Waals surface area contributed by atoms with Gasteiger partial charge in [-0.3, -0.25) is 0 Å². The van der Waals surface area contributed by atoms with E-state index in [9.17, 15) is 13.2 Å². The summed E-state index contributed by atoms with van der Waals surface area (Å²) >= 11 is 0. The summed E-state index contributed by atoms with van der Waals surface area (Å²) in [6.45, 7) is 4.13. The van der Waals surface area contributed by atoms with Gasteiger partial charge in [-0.2, -0.15) is 0 Å². The van der Waals surface area contributed by atoms with Crippen LogP contribution in [0.25, 0.3) is 0 Å². The van der Waals surface area contributed by atoms with Gasteiger partial charge in [-0.05, 0) is 25.8 Å². The molecule has 106 valence electrons. The van der Waals surface area contributed by atoms with Gasteiger partial charge in [0.1, 0.15) is 11.5 Å². The molecule has 1 atom stereocenters. The number of halogens is 3. The smallest absolute Gasteiger partial charge is 0.152 e. The SMILES string of the molecule is CCCNC1CCCN(c2c(F)cc(F)cc2F)C1. The number of hydrogen-bond donors (Lipinski definition) is 1. The molecule has 2 rings (SSSR count). The minimum absolute atomic E-state index is 0.107. The van der Waals surface area contributed by atoms with Crippen LogP contribution >= 0.6 is 0 Å². The van der Waals surface area contributed by atoms with E-state index in [4.69, 9.17) is 0 Å². The van der Waals surface area contributed by atoms with Crippen molar-refractivity contribution in [1.29, 1.82) is 0 Å². The molecule has 5 heteroatoms. The predicted octanol–water partition coefficient (Wildman–Crippen LogP) is 3.07. The van der Waals surface area contributed by atoms with Crippen LogP contribution < -0.4 is 10.2 Å². The van der Waals surface area contributed by atoms with E-state index in [1.807, 2.05) is 0 Å². The van der Waals surface area contributed by atoms with Crippen LogP contribution in [0, 0.1) is 17.5 Å². The standard InChI is InChI=1S/C14H19F3N2/c1-2-5-18-11-4-3-6-19(9-11)14-12(16)7-10(15)8-13(14)17/h7-8,11,18H,2-6,9H2,1H3. The van der Waals surface area contributed by atoms with Gasteiger partial charge < -0.3 is 10.2 Å². The third-order valence-electron chi connectivity index (χ3n) is 3.40. The number of benzene rings is 1. The normalized spacial score (nSPS) is 19.8. The molecule has 1 heterocycles. The van der Waals surface area contributed by atoms with E-state index in [0.29, 0.717) is 13.1 Å². The molecule has 0 amide bonds. The fourth-order valence-electron chi connectivity index (χ4n) is 2.53. The lowest BCUT2D eigenvalue weighted by Gasteiger charge is -2.35. The molecule has 19 heavy (non-hydrogen) atoms. The highest BCUT2D eigenvalue weighted by Gasteiger charge is 2.24. The van der Waals surface area contributed by atoms with Crippen molar-refractivity contribution in [1.82, 2.24) is 5.32 Å². The van der Waals surface area contributed by atoms with Gasteiger partial charge in [0.15, 0.2) is 11.6 Å². The summed E-state index contributed by atoms with van der Waals surface area (Å²) in [5.74, 6) is -2.53. The minimum atomic E-state index is -0.878. The summed E-state index contributed by atoms with van der Waals surface area (Å²) in [6, 6.07) is 1.71. The van der Waals surface area contributed by atoms with Crippen molar-refractivity contribution in [3.05, 3.63) is 29.6 Å². The number of anilines is 1. The maximum absolute atomic E-state index is 13.7. The maximum Gasteiger partial charge on any atom is 0.152 e. The first-order valence-corrected chi connectivity index (χ1v) is 6.74. The second-order valence-electron chi connectivity index (χ2n) is 4.96. The van der Waals surface area contributed by atoms with Crippen molar-refractivity contribution >= 4 is 5.69 Å². The van der Waals surface area contributed by atoms with E-state index >= 15 is 0 Å². The van der Waals surface area contributed by atoms with Gasteiger partial charge in [-0.15, -0.1) is 0 Å². The van der Waals surface area contributed by atoms with Gasteiger partial charge in [0.05, 0.1) is 0 Å². The highest BCUT2D eigenvalue weighted by molar-refractivity contribution is 5.50. The molecule has 0 bridgehead atoms. The van der Waals surface area contributed by atoms with Crippen LogP contribution in [-0.2, 0) is 0 Å². The second kappa shape index (κ2) is 6.28. The fraction of sp³-hybridized carbons (Fsp3) is 0.571. The summed E-state index contributed by atoms with van der Waals surface area (Å²) < 4.78 is 40.4. The third-order valence-corrected chi connectivity index (χ3v) is 3.40. The molecule has 2 nitrogen and oxygen atoms in total. The largest absolute Gasteiger partial charge is 0.365 e. The van der Waals surface area contributed by atoms with Crippen molar-refractivity contribution < 1.29 is 13.2 Å². The van der Waals surface area contributed by atoms with Crippen molar-refractivity contribution in [2.45, 2.75) is 32.2 Å². The van der Waals surface area contributed by atoms with Gasteiger partial charge in [0, 0.05) is 31.3 Å². The van der Waals surface area contributed by atoms with Gasteiger partial charge in [0.25, 0.3) is 0 Å². The summed E-state index contributed by atoms with van der Waals surface area (Å²) in [5, 5.41) is 3.36. The molecule has 0 radical (unpaired) electrons. The number of piperidine rings is 1. The molecule has 1 unspecified atom stereocenters. The Morgan fingerprint density at radius 3 is 2.58 bits per heavy atom. The molecule has 1 aromatic carbocycles. The van der Waals surface area contributed by atoms with Crippen molar-refractivity contribution in [3.63, 3.8) is 0 Å². The maximum atomic E-state index is 13.7. The van der Waals surface area contributed by atoms with Crippen LogP contribution in [0.15, 0.2) is 12.1 Å². The zero-order valence-corrected chi connectivity index (χ0v) is 11.1. The lowest BCUT2D eigenvalue weighted by atomic mass is 10.0.